The van der Waals surface area contributed by atoms with E-state index in [-0.39, 0.29) is 5.60 Å². The monoisotopic (exact) mass is 305 g/mol. The normalized spacial score (nSPS) is 20.5. The minimum absolute atomic E-state index is 0.135. The summed E-state index contributed by atoms with van der Waals surface area (Å²) in [5, 5.41) is 2.16. The van der Waals surface area contributed by atoms with Gasteiger partial charge < -0.3 is 9.64 Å². The summed E-state index contributed by atoms with van der Waals surface area (Å²) in [5.74, 6) is 0.207. The van der Waals surface area contributed by atoms with Crippen LogP contribution >= 0.6 is 11.3 Å². The molecular formula is C15H16FN3OS. The maximum Gasteiger partial charge on any atom is 0.225 e. The first-order valence-corrected chi connectivity index (χ1v) is 8.08. The van der Waals surface area contributed by atoms with Crippen LogP contribution in [-0.4, -0.2) is 29.7 Å². The average Bonchev–Trinajstić information content (AvgIpc) is 3.00. The molecule has 0 unspecified atom stereocenters. The number of thiophene rings is 1. The van der Waals surface area contributed by atoms with E-state index in [1.807, 2.05) is 11.3 Å². The molecule has 0 amide bonds. The molecule has 110 valence electrons. The lowest BCUT2D eigenvalue weighted by Gasteiger charge is -2.44. The van der Waals surface area contributed by atoms with Crippen molar-refractivity contribution >= 4 is 17.3 Å². The number of nitrogens with zero attached hydrogens (tertiary/aromatic N) is 3. The van der Waals surface area contributed by atoms with E-state index in [2.05, 4.69) is 26.3 Å². The van der Waals surface area contributed by atoms with Crippen LogP contribution in [-0.2, 0) is 16.8 Å². The molecule has 6 heteroatoms. The Morgan fingerprint density at radius 1 is 1.24 bits per heavy atom. The molecule has 1 fully saturated rings. The Kier molecular flexibility index (Phi) is 3.15. The second kappa shape index (κ2) is 5.03. The van der Waals surface area contributed by atoms with Crippen LogP contribution in [0.3, 0.4) is 0 Å². The molecule has 2 aliphatic heterocycles. The van der Waals surface area contributed by atoms with Crippen LogP contribution in [0.2, 0.25) is 0 Å². The van der Waals surface area contributed by atoms with E-state index in [1.165, 1.54) is 22.8 Å². The van der Waals surface area contributed by atoms with Gasteiger partial charge in [-0.2, -0.15) is 0 Å². The zero-order valence-corrected chi connectivity index (χ0v) is 12.4. The van der Waals surface area contributed by atoms with Crippen LogP contribution in [0.4, 0.5) is 10.3 Å². The number of piperidine rings is 1. The number of ether oxygens (including phenoxy) is 1. The minimum atomic E-state index is -0.397. The average molecular weight is 305 g/mol. The molecule has 1 spiro atoms. The molecule has 21 heavy (non-hydrogen) atoms. The minimum Gasteiger partial charge on any atom is -0.370 e. The largest absolute Gasteiger partial charge is 0.370 e. The lowest BCUT2D eigenvalue weighted by Crippen LogP contribution is -2.46. The SMILES string of the molecule is Fc1cnc(N2CCC3(CC2)OCCc2sccc23)nc1. The number of fused-ring (bicyclic) bond motifs is 2. The van der Waals surface area contributed by atoms with Gasteiger partial charge in [0, 0.05) is 24.4 Å². The molecule has 4 heterocycles. The lowest BCUT2D eigenvalue weighted by atomic mass is 9.82. The summed E-state index contributed by atoms with van der Waals surface area (Å²) >= 11 is 1.83. The number of anilines is 1. The number of aromatic nitrogens is 2. The molecular weight excluding hydrogens is 289 g/mol. The molecule has 2 aromatic heterocycles. The molecule has 1 saturated heterocycles. The fourth-order valence-electron chi connectivity index (χ4n) is 3.31. The van der Waals surface area contributed by atoms with E-state index in [9.17, 15) is 4.39 Å². The number of halogens is 1. The van der Waals surface area contributed by atoms with Crippen molar-refractivity contribution in [2.24, 2.45) is 0 Å². The van der Waals surface area contributed by atoms with Crippen molar-refractivity contribution in [3.05, 3.63) is 40.1 Å². The first-order valence-electron chi connectivity index (χ1n) is 7.20. The van der Waals surface area contributed by atoms with E-state index >= 15 is 0 Å². The standard InChI is InChI=1S/C15H16FN3OS/c16-11-9-17-14(18-10-11)19-5-3-15(4-6-19)12-2-8-21-13(12)1-7-20-15/h2,8-10H,1,3-7H2. The summed E-state index contributed by atoms with van der Waals surface area (Å²) in [6.45, 7) is 2.47. The van der Waals surface area contributed by atoms with Gasteiger partial charge in [-0.3, -0.25) is 0 Å². The molecule has 2 aliphatic rings. The Morgan fingerprint density at radius 3 is 2.76 bits per heavy atom. The Hall–Kier alpha value is -1.53. The van der Waals surface area contributed by atoms with E-state index < -0.39 is 5.82 Å². The molecule has 0 bridgehead atoms. The fraction of sp³-hybridized carbons (Fsp3) is 0.467. The van der Waals surface area contributed by atoms with E-state index in [1.54, 1.807) is 0 Å². The van der Waals surface area contributed by atoms with Gasteiger partial charge in [-0.15, -0.1) is 11.3 Å². The Balaban J connectivity index is 1.54. The highest BCUT2D eigenvalue weighted by molar-refractivity contribution is 7.10. The number of rotatable bonds is 1. The predicted molar refractivity (Wildman–Crippen MR) is 79.1 cm³/mol. The van der Waals surface area contributed by atoms with Crippen LogP contribution in [0.15, 0.2) is 23.8 Å². The Bertz CT molecular complexity index is 635. The van der Waals surface area contributed by atoms with Crippen molar-refractivity contribution in [1.82, 2.24) is 9.97 Å². The molecule has 0 saturated carbocycles. The smallest absolute Gasteiger partial charge is 0.225 e. The van der Waals surface area contributed by atoms with Crippen molar-refractivity contribution in [2.75, 3.05) is 24.6 Å². The van der Waals surface area contributed by atoms with Crippen molar-refractivity contribution in [3.8, 4) is 0 Å². The molecule has 0 N–H and O–H groups in total. The predicted octanol–water partition coefficient (Wildman–Crippen LogP) is 2.75. The van der Waals surface area contributed by atoms with Crippen LogP contribution in [0, 0.1) is 5.82 Å². The summed E-state index contributed by atoms with van der Waals surface area (Å²) in [6.07, 6.45) is 5.33. The third kappa shape index (κ3) is 2.22. The molecule has 4 rings (SSSR count). The van der Waals surface area contributed by atoms with Crippen LogP contribution < -0.4 is 4.90 Å². The number of hydrogen-bond donors (Lipinski definition) is 0. The van der Waals surface area contributed by atoms with E-state index in [0.29, 0.717) is 5.95 Å². The summed E-state index contributed by atoms with van der Waals surface area (Å²) in [7, 11) is 0. The first kappa shape index (κ1) is 13.2. The van der Waals surface area contributed by atoms with Crippen LogP contribution in [0.5, 0.6) is 0 Å². The first-order chi connectivity index (χ1) is 10.3. The second-order valence-corrected chi connectivity index (χ2v) is 6.54. The summed E-state index contributed by atoms with van der Waals surface area (Å²) in [5.41, 5.74) is 1.24. The van der Waals surface area contributed by atoms with E-state index in [4.69, 9.17) is 4.74 Å². The maximum atomic E-state index is 12.9. The Labute approximate surface area is 126 Å². The van der Waals surface area contributed by atoms with Crippen molar-refractivity contribution in [1.29, 1.82) is 0 Å². The van der Waals surface area contributed by atoms with Crippen molar-refractivity contribution in [3.63, 3.8) is 0 Å². The van der Waals surface area contributed by atoms with Gasteiger partial charge in [0.2, 0.25) is 5.95 Å². The zero-order valence-electron chi connectivity index (χ0n) is 11.6. The summed E-state index contributed by atoms with van der Waals surface area (Å²) in [6, 6.07) is 2.21. The maximum absolute atomic E-state index is 12.9. The van der Waals surface area contributed by atoms with Gasteiger partial charge in [0.25, 0.3) is 0 Å². The zero-order chi connectivity index (χ0) is 14.3. The quantitative estimate of drug-likeness (QED) is 0.812. The van der Waals surface area contributed by atoms with Gasteiger partial charge in [0.05, 0.1) is 24.6 Å². The third-order valence-corrected chi connectivity index (χ3v) is 5.39. The van der Waals surface area contributed by atoms with Gasteiger partial charge in [-0.1, -0.05) is 0 Å². The van der Waals surface area contributed by atoms with Gasteiger partial charge in [0.1, 0.15) is 0 Å². The summed E-state index contributed by atoms with van der Waals surface area (Å²) < 4.78 is 19.1. The second-order valence-electron chi connectivity index (χ2n) is 5.54. The lowest BCUT2D eigenvalue weighted by molar-refractivity contribution is -0.0757. The van der Waals surface area contributed by atoms with E-state index in [0.717, 1.165) is 39.0 Å². The van der Waals surface area contributed by atoms with Gasteiger partial charge in [-0.05, 0) is 29.9 Å². The molecule has 0 radical (unpaired) electrons. The molecule has 2 aromatic rings. The molecule has 4 nitrogen and oxygen atoms in total. The summed E-state index contributed by atoms with van der Waals surface area (Å²) in [4.78, 5) is 11.7. The van der Waals surface area contributed by atoms with Crippen LogP contribution in [0.1, 0.15) is 23.3 Å². The fourth-order valence-corrected chi connectivity index (χ4v) is 4.26. The van der Waals surface area contributed by atoms with Gasteiger partial charge >= 0.3 is 0 Å². The molecule has 0 aliphatic carbocycles. The highest BCUT2D eigenvalue weighted by atomic mass is 32.1. The molecule has 0 aromatic carbocycles. The van der Waals surface area contributed by atoms with Gasteiger partial charge in [-0.25, -0.2) is 14.4 Å². The van der Waals surface area contributed by atoms with Gasteiger partial charge in [0.15, 0.2) is 5.82 Å². The van der Waals surface area contributed by atoms with Crippen molar-refractivity contribution in [2.45, 2.75) is 24.9 Å². The topological polar surface area (TPSA) is 38.2 Å². The number of hydrogen-bond acceptors (Lipinski definition) is 5. The highest BCUT2D eigenvalue weighted by Gasteiger charge is 2.41. The third-order valence-electron chi connectivity index (χ3n) is 4.40. The van der Waals surface area contributed by atoms with Crippen LogP contribution in [0.25, 0.3) is 0 Å². The Morgan fingerprint density at radius 2 is 2.00 bits per heavy atom. The van der Waals surface area contributed by atoms with Crippen molar-refractivity contribution < 1.29 is 9.13 Å². The molecule has 0 atom stereocenters. The highest BCUT2D eigenvalue weighted by Crippen LogP contribution is 2.43.